The molecule has 3 heterocycles. The second-order valence-corrected chi connectivity index (χ2v) is 7.37. The van der Waals surface area contributed by atoms with Crippen LogP contribution in [-0.2, 0) is 25.9 Å². The van der Waals surface area contributed by atoms with E-state index in [2.05, 4.69) is 56.1 Å². The van der Waals surface area contributed by atoms with Crippen LogP contribution < -0.4 is 15.5 Å². The molecule has 3 N–H and O–H groups in total. The molecule has 30 heavy (non-hydrogen) atoms. The second-order valence-electron chi connectivity index (χ2n) is 7.37. The predicted molar refractivity (Wildman–Crippen MR) is 124 cm³/mol. The zero-order chi connectivity index (χ0) is 18.9. The Hall–Kier alpha value is -2.54. The molecule has 5 rings (SSSR count). The molecule has 2 aliphatic rings. The van der Waals surface area contributed by atoms with Gasteiger partial charge in [0.25, 0.3) is 5.91 Å². The summed E-state index contributed by atoms with van der Waals surface area (Å²) in [6.45, 7) is 3.37. The van der Waals surface area contributed by atoms with Gasteiger partial charge >= 0.3 is 0 Å². The molecule has 0 aliphatic carbocycles. The number of benzene rings is 2. The van der Waals surface area contributed by atoms with Crippen molar-refractivity contribution in [2.24, 2.45) is 0 Å². The van der Waals surface area contributed by atoms with Gasteiger partial charge in [-0.15, -0.1) is 24.8 Å². The molecule has 0 saturated heterocycles. The van der Waals surface area contributed by atoms with Gasteiger partial charge in [-0.3, -0.25) is 9.89 Å². The first kappa shape index (κ1) is 22.2. The minimum absolute atomic E-state index is 0. The van der Waals surface area contributed by atoms with Crippen LogP contribution in [0.25, 0.3) is 0 Å². The Morgan fingerprint density at radius 1 is 1.07 bits per heavy atom. The van der Waals surface area contributed by atoms with E-state index in [-0.39, 0.29) is 30.7 Å². The lowest BCUT2D eigenvalue weighted by Gasteiger charge is -2.21. The van der Waals surface area contributed by atoms with Crippen molar-refractivity contribution in [1.82, 2.24) is 15.5 Å². The second kappa shape index (κ2) is 9.51. The van der Waals surface area contributed by atoms with E-state index in [1.54, 1.807) is 0 Å². The molecule has 2 aromatic carbocycles. The summed E-state index contributed by atoms with van der Waals surface area (Å²) in [4.78, 5) is 15.3. The van der Waals surface area contributed by atoms with Crippen molar-refractivity contribution < 1.29 is 4.79 Å². The smallest absolute Gasteiger partial charge is 0.276 e. The third kappa shape index (κ3) is 4.17. The lowest BCUT2D eigenvalue weighted by atomic mass is 10.1. The van der Waals surface area contributed by atoms with Crippen LogP contribution in [0.2, 0.25) is 0 Å². The molecule has 158 valence electrons. The van der Waals surface area contributed by atoms with E-state index in [0.717, 1.165) is 55.0 Å². The first-order chi connectivity index (χ1) is 13.8. The van der Waals surface area contributed by atoms with Gasteiger partial charge in [-0.25, -0.2) is 0 Å². The Morgan fingerprint density at radius 3 is 2.77 bits per heavy atom. The molecule has 0 fully saturated rings. The molecule has 0 atom stereocenters. The Bertz CT molecular complexity index is 1040. The van der Waals surface area contributed by atoms with Crippen LogP contribution in [-0.4, -0.2) is 29.2 Å². The summed E-state index contributed by atoms with van der Waals surface area (Å²) in [5.41, 5.74) is 7.16. The van der Waals surface area contributed by atoms with Crippen LogP contribution >= 0.6 is 24.8 Å². The third-order valence-corrected chi connectivity index (χ3v) is 5.63. The van der Waals surface area contributed by atoms with Crippen LogP contribution in [0.15, 0.2) is 48.5 Å². The van der Waals surface area contributed by atoms with Crippen LogP contribution in [0.4, 0.5) is 11.4 Å². The predicted octanol–water partition coefficient (Wildman–Crippen LogP) is 3.71. The normalized spacial score (nSPS) is 14.2. The van der Waals surface area contributed by atoms with Gasteiger partial charge in [0.2, 0.25) is 0 Å². The first-order valence-corrected chi connectivity index (χ1v) is 9.78. The molecule has 1 aromatic heterocycles. The average molecular weight is 446 g/mol. The number of aromatic nitrogens is 2. The van der Waals surface area contributed by atoms with Crippen LogP contribution in [0.1, 0.15) is 32.9 Å². The molecule has 2 aliphatic heterocycles. The summed E-state index contributed by atoms with van der Waals surface area (Å²) >= 11 is 0. The van der Waals surface area contributed by atoms with Gasteiger partial charge in [0.1, 0.15) is 0 Å². The number of H-pyrrole nitrogens is 1. The minimum atomic E-state index is -0.157. The molecule has 6 nitrogen and oxygen atoms in total. The van der Waals surface area contributed by atoms with Crippen molar-refractivity contribution in [3.05, 3.63) is 76.6 Å². The van der Waals surface area contributed by atoms with E-state index in [0.29, 0.717) is 12.2 Å². The topological polar surface area (TPSA) is 73.0 Å². The van der Waals surface area contributed by atoms with E-state index in [1.807, 2.05) is 18.2 Å². The monoisotopic (exact) mass is 445 g/mol. The van der Waals surface area contributed by atoms with E-state index in [1.165, 1.54) is 11.3 Å². The van der Waals surface area contributed by atoms with Gasteiger partial charge in [-0.1, -0.05) is 36.4 Å². The number of anilines is 2. The maximum absolute atomic E-state index is 12.9. The number of hydrogen-bond donors (Lipinski definition) is 3. The molecule has 0 unspecified atom stereocenters. The maximum Gasteiger partial charge on any atom is 0.276 e. The highest BCUT2D eigenvalue weighted by atomic mass is 35.5. The fourth-order valence-electron chi connectivity index (χ4n) is 4.15. The van der Waals surface area contributed by atoms with Gasteiger partial charge in [0, 0.05) is 55.2 Å². The van der Waals surface area contributed by atoms with Crippen molar-refractivity contribution in [3.8, 4) is 0 Å². The number of amides is 1. The van der Waals surface area contributed by atoms with Gasteiger partial charge in [0.15, 0.2) is 5.69 Å². The zero-order valence-corrected chi connectivity index (χ0v) is 18.1. The number of carbonyl (C=O) groups excluding carboxylic acids is 1. The number of carbonyl (C=O) groups is 1. The lowest BCUT2D eigenvalue weighted by Crippen LogP contribution is -2.26. The van der Waals surface area contributed by atoms with Crippen molar-refractivity contribution in [2.45, 2.75) is 25.9 Å². The SMILES string of the molecule is Cl.Cl.O=C(Nc1ccccc1CN1CCc2ccccc21)c1n[nH]c2c1CNCC2. The minimum Gasteiger partial charge on any atom is -0.367 e. The highest BCUT2D eigenvalue weighted by Gasteiger charge is 2.23. The standard InChI is InChI=1S/C22H23N5O.2ClH/c28-22(21-17-13-23-11-9-19(17)25-26-21)24-18-7-3-1-6-16(18)14-27-12-10-15-5-2-4-8-20(15)27;;/h1-8,23H,9-14H2,(H,24,28)(H,25,26);2*1H. The number of rotatable bonds is 4. The molecule has 3 aromatic rings. The summed E-state index contributed by atoms with van der Waals surface area (Å²) < 4.78 is 0. The quantitative estimate of drug-likeness (QED) is 0.572. The highest BCUT2D eigenvalue weighted by molar-refractivity contribution is 6.04. The largest absolute Gasteiger partial charge is 0.367 e. The summed E-state index contributed by atoms with van der Waals surface area (Å²) in [6.07, 6.45) is 1.94. The summed E-state index contributed by atoms with van der Waals surface area (Å²) in [6, 6.07) is 16.6. The Balaban J connectivity index is 0.00000128. The van der Waals surface area contributed by atoms with Crippen LogP contribution in [0.3, 0.4) is 0 Å². The van der Waals surface area contributed by atoms with Crippen molar-refractivity contribution in [3.63, 3.8) is 0 Å². The molecular formula is C22H25Cl2N5O. The molecule has 1 amide bonds. The Morgan fingerprint density at radius 2 is 1.87 bits per heavy atom. The third-order valence-electron chi connectivity index (χ3n) is 5.63. The zero-order valence-electron chi connectivity index (χ0n) is 16.5. The summed E-state index contributed by atoms with van der Waals surface area (Å²) in [5, 5.41) is 13.7. The highest BCUT2D eigenvalue weighted by Crippen LogP contribution is 2.30. The Kier molecular flexibility index (Phi) is 7.02. The van der Waals surface area contributed by atoms with E-state index >= 15 is 0 Å². The van der Waals surface area contributed by atoms with E-state index in [9.17, 15) is 4.79 Å². The van der Waals surface area contributed by atoms with E-state index in [4.69, 9.17) is 0 Å². The summed E-state index contributed by atoms with van der Waals surface area (Å²) in [7, 11) is 0. The number of aromatic amines is 1. The number of hydrogen-bond acceptors (Lipinski definition) is 4. The molecule has 0 bridgehead atoms. The number of para-hydroxylation sites is 2. The molecular weight excluding hydrogens is 421 g/mol. The molecule has 0 saturated carbocycles. The number of nitrogens with one attached hydrogen (secondary N) is 3. The number of halogens is 2. The molecule has 0 radical (unpaired) electrons. The van der Waals surface area contributed by atoms with Crippen molar-refractivity contribution in [2.75, 3.05) is 23.3 Å². The maximum atomic E-state index is 12.9. The van der Waals surface area contributed by atoms with Gasteiger partial charge < -0.3 is 15.5 Å². The molecule has 8 heteroatoms. The Labute approximate surface area is 188 Å². The lowest BCUT2D eigenvalue weighted by molar-refractivity contribution is 0.102. The number of fused-ring (bicyclic) bond motifs is 2. The summed E-state index contributed by atoms with van der Waals surface area (Å²) in [5.74, 6) is -0.157. The van der Waals surface area contributed by atoms with Crippen LogP contribution in [0.5, 0.6) is 0 Å². The molecule has 0 spiro atoms. The van der Waals surface area contributed by atoms with E-state index < -0.39 is 0 Å². The average Bonchev–Trinajstić information content (AvgIpc) is 3.34. The first-order valence-electron chi connectivity index (χ1n) is 9.78. The fraction of sp³-hybridized carbons (Fsp3) is 0.273. The van der Waals surface area contributed by atoms with Gasteiger partial charge in [-0.2, -0.15) is 5.10 Å². The van der Waals surface area contributed by atoms with Crippen molar-refractivity contribution >= 4 is 42.1 Å². The van der Waals surface area contributed by atoms with Crippen molar-refractivity contribution in [1.29, 1.82) is 0 Å². The van der Waals surface area contributed by atoms with Gasteiger partial charge in [-0.05, 0) is 29.7 Å². The fourth-order valence-corrected chi connectivity index (χ4v) is 4.15. The van der Waals surface area contributed by atoms with Crippen LogP contribution in [0, 0.1) is 0 Å². The number of nitrogens with zero attached hydrogens (tertiary/aromatic N) is 2. The van der Waals surface area contributed by atoms with Gasteiger partial charge in [0.05, 0.1) is 0 Å².